The lowest BCUT2D eigenvalue weighted by molar-refractivity contribution is 0.854. The van der Waals surface area contributed by atoms with Gasteiger partial charge in [-0.25, -0.2) is 0 Å². The van der Waals surface area contributed by atoms with Gasteiger partial charge in [-0.05, 0) is 31.0 Å². The summed E-state index contributed by atoms with van der Waals surface area (Å²) in [4.78, 5) is 0. The fourth-order valence-corrected chi connectivity index (χ4v) is 3.70. The van der Waals surface area contributed by atoms with Crippen LogP contribution >= 0.6 is 11.8 Å². The quantitative estimate of drug-likeness (QED) is 0.473. The molecule has 3 nitrogen and oxygen atoms in total. The van der Waals surface area contributed by atoms with Gasteiger partial charge in [0.1, 0.15) is 5.82 Å². The molecule has 2 aromatic carbocycles. The molecular weight excluding hydrogens is 302 g/mol. The van der Waals surface area contributed by atoms with E-state index in [2.05, 4.69) is 57.7 Å². The summed E-state index contributed by atoms with van der Waals surface area (Å²) in [7, 11) is 0. The Kier molecular flexibility index (Phi) is 4.93. The molecule has 4 heteroatoms. The van der Waals surface area contributed by atoms with E-state index in [1.54, 1.807) is 11.8 Å². The van der Waals surface area contributed by atoms with Gasteiger partial charge in [0.25, 0.3) is 0 Å². The molecule has 0 amide bonds. The molecule has 1 heterocycles. The third kappa shape index (κ3) is 3.54. The van der Waals surface area contributed by atoms with Crippen molar-refractivity contribution in [1.29, 1.82) is 0 Å². The normalized spacial score (nSPS) is 12.0. The average molecular weight is 321 g/mol. The summed E-state index contributed by atoms with van der Waals surface area (Å²) in [5.41, 5.74) is 2.36. The van der Waals surface area contributed by atoms with Crippen molar-refractivity contribution in [1.82, 2.24) is 14.8 Å². The Hall–Kier alpha value is -2.33. The third-order valence-corrected chi connectivity index (χ3v) is 4.83. The maximum Gasteiger partial charge on any atom is 0.196 e. The van der Waals surface area contributed by atoms with E-state index in [0.717, 1.165) is 23.1 Å². The first-order valence-electron chi connectivity index (χ1n) is 7.59. The predicted molar refractivity (Wildman–Crippen MR) is 96.0 cm³/mol. The van der Waals surface area contributed by atoms with Crippen molar-refractivity contribution in [2.45, 2.75) is 23.8 Å². The Labute approximate surface area is 141 Å². The molecule has 0 aliphatic carbocycles. The Bertz CT molecular complexity index is 766. The van der Waals surface area contributed by atoms with Crippen molar-refractivity contribution in [2.75, 3.05) is 0 Å². The molecule has 0 fully saturated rings. The molecule has 3 rings (SSSR count). The summed E-state index contributed by atoms with van der Waals surface area (Å²) in [5, 5.41) is 9.83. The van der Waals surface area contributed by atoms with Crippen LogP contribution in [-0.4, -0.2) is 14.8 Å². The van der Waals surface area contributed by atoms with Crippen molar-refractivity contribution >= 4 is 11.8 Å². The summed E-state index contributed by atoms with van der Waals surface area (Å²) in [6.07, 6.45) is 2.84. The van der Waals surface area contributed by atoms with Crippen molar-refractivity contribution in [2.24, 2.45) is 0 Å². The van der Waals surface area contributed by atoms with E-state index in [4.69, 9.17) is 0 Å². The standard InChI is InChI=1S/C19H19N3S/c1-3-10-18(16-11-6-4-7-12-16)23-19-21-20-15(2)22(19)17-13-8-5-9-14-17/h3-9,11-14,18H,1,10H2,2H3. The van der Waals surface area contributed by atoms with E-state index >= 15 is 0 Å². The highest BCUT2D eigenvalue weighted by atomic mass is 32.2. The van der Waals surface area contributed by atoms with Crippen LogP contribution in [0.2, 0.25) is 0 Å². The van der Waals surface area contributed by atoms with Crippen molar-refractivity contribution in [3.63, 3.8) is 0 Å². The number of nitrogens with zero attached hydrogens (tertiary/aromatic N) is 3. The molecule has 23 heavy (non-hydrogen) atoms. The number of benzene rings is 2. The van der Waals surface area contributed by atoms with Gasteiger partial charge in [0.15, 0.2) is 5.16 Å². The van der Waals surface area contributed by atoms with Gasteiger partial charge in [0.2, 0.25) is 0 Å². The smallest absolute Gasteiger partial charge is 0.196 e. The van der Waals surface area contributed by atoms with Gasteiger partial charge in [-0.15, -0.1) is 16.8 Å². The van der Waals surface area contributed by atoms with Gasteiger partial charge >= 0.3 is 0 Å². The molecule has 1 unspecified atom stereocenters. The largest absolute Gasteiger partial charge is 0.274 e. The average Bonchev–Trinajstić information content (AvgIpc) is 2.96. The second kappa shape index (κ2) is 7.29. The molecule has 0 aliphatic heterocycles. The van der Waals surface area contributed by atoms with E-state index in [9.17, 15) is 0 Å². The fraction of sp³-hybridized carbons (Fsp3) is 0.158. The van der Waals surface area contributed by atoms with Crippen LogP contribution in [0.15, 0.2) is 78.5 Å². The minimum Gasteiger partial charge on any atom is -0.274 e. The van der Waals surface area contributed by atoms with Crippen LogP contribution in [-0.2, 0) is 0 Å². The van der Waals surface area contributed by atoms with Crippen LogP contribution in [0, 0.1) is 6.92 Å². The summed E-state index contributed by atoms with van der Waals surface area (Å²) in [6.45, 7) is 5.88. The van der Waals surface area contributed by atoms with Gasteiger partial charge in [-0.1, -0.05) is 66.4 Å². The Balaban J connectivity index is 1.94. The lowest BCUT2D eigenvalue weighted by atomic mass is 10.1. The monoisotopic (exact) mass is 321 g/mol. The summed E-state index contributed by atoms with van der Waals surface area (Å²) < 4.78 is 2.10. The highest BCUT2D eigenvalue weighted by Crippen LogP contribution is 2.38. The van der Waals surface area contributed by atoms with E-state index in [1.807, 2.05) is 37.3 Å². The zero-order valence-corrected chi connectivity index (χ0v) is 13.9. The van der Waals surface area contributed by atoms with Crippen molar-refractivity contribution in [3.05, 3.63) is 84.7 Å². The second-order valence-corrected chi connectivity index (χ2v) is 6.41. The molecule has 0 aliphatic rings. The minimum atomic E-state index is 0.278. The number of thioether (sulfide) groups is 1. The number of allylic oxidation sites excluding steroid dienone is 1. The SMILES string of the molecule is C=CCC(Sc1nnc(C)n1-c1ccccc1)c1ccccc1. The van der Waals surface area contributed by atoms with Crippen LogP contribution in [0.5, 0.6) is 0 Å². The highest BCUT2D eigenvalue weighted by molar-refractivity contribution is 7.99. The zero-order chi connectivity index (χ0) is 16.1. The first-order chi connectivity index (χ1) is 11.3. The van der Waals surface area contributed by atoms with Crippen LogP contribution in [0.3, 0.4) is 0 Å². The second-order valence-electron chi connectivity index (χ2n) is 5.24. The number of aryl methyl sites for hydroxylation is 1. The van der Waals surface area contributed by atoms with Crippen LogP contribution < -0.4 is 0 Å². The van der Waals surface area contributed by atoms with E-state index in [0.29, 0.717) is 0 Å². The highest BCUT2D eigenvalue weighted by Gasteiger charge is 2.18. The van der Waals surface area contributed by atoms with Crippen LogP contribution in [0.25, 0.3) is 5.69 Å². The number of hydrogen-bond donors (Lipinski definition) is 0. The first kappa shape index (κ1) is 15.6. The van der Waals surface area contributed by atoms with Gasteiger partial charge < -0.3 is 0 Å². The topological polar surface area (TPSA) is 30.7 Å². The van der Waals surface area contributed by atoms with Crippen molar-refractivity contribution < 1.29 is 0 Å². The van der Waals surface area contributed by atoms with Crippen LogP contribution in [0.1, 0.15) is 23.1 Å². The molecule has 3 aromatic rings. The van der Waals surface area contributed by atoms with Gasteiger partial charge in [-0.2, -0.15) is 0 Å². The first-order valence-corrected chi connectivity index (χ1v) is 8.47. The predicted octanol–water partition coefficient (Wildman–Crippen LogP) is 4.99. The third-order valence-electron chi connectivity index (χ3n) is 3.61. The zero-order valence-electron chi connectivity index (χ0n) is 13.1. The molecule has 1 aromatic heterocycles. The maximum absolute atomic E-state index is 4.38. The number of aromatic nitrogens is 3. The summed E-state index contributed by atoms with van der Waals surface area (Å²) >= 11 is 1.73. The number of hydrogen-bond acceptors (Lipinski definition) is 3. The lowest BCUT2D eigenvalue weighted by Gasteiger charge is -2.16. The molecule has 116 valence electrons. The van der Waals surface area contributed by atoms with Gasteiger partial charge in [0.05, 0.1) is 0 Å². The van der Waals surface area contributed by atoms with Gasteiger partial charge in [0, 0.05) is 10.9 Å². The Morgan fingerprint density at radius 1 is 1.04 bits per heavy atom. The molecule has 0 saturated heterocycles. The van der Waals surface area contributed by atoms with E-state index in [-0.39, 0.29) is 5.25 Å². The van der Waals surface area contributed by atoms with E-state index in [1.165, 1.54) is 5.56 Å². The molecule has 0 N–H and O–H groups in total. The molecular formula is C19H19N3S. The molecule has 0 radical (unpaired) electrons. The molecule has 1 atom stereocenters. The van der Waals surface area contributed by atoms with Gasteiger partial charge in [-0.3, -0.25) is 4.57 Å². The molecule has 0 bridgehead atoms. The maximum atomic E-state index is 4.38. The molecule has 0 saturated carbocycles. The Morgan fingerprint density at radius 3 is 2.35 bits per heavy atom. The number of rotatable bonds is 6. The number of para-hydroxylation sites is 1. The van der Waals surface area contributed by atoms with Crippen molar-refractivity contribution in [3.8, 4) is 5.69 Å². The fourth-order valence-electron chi connectivity index (χ4n) is 2.49. The minimum absolute atomic E-state index is 0.278. The Morgan fingerprint density at radius 2 is 1.70 bits per heavy atom. The van der Waals surface area contributed by atoms with Crippen LogP contribution in [0.4, 0.5) is 0 Å². The lowest BCUT2D eigenvalue weighted by Crippen LogP contribution is -2.01. The molecule has 0 spiro atoms. The summed E-state index contributed by atoms with van der Waals surface area (Å²) in [5.74, 6) is 0.893. The van der Waals surface area contributed by atoms with E-state index < -0.39 is 0 Å². The summed E-state index contributed by atoms with van der Waals surface area (Å²) in [6, 6.07) is 20.7.